The van der Waals surface area contributed by atoms with Crippen molar-refractivity contribution in [2.45, 2.75) is 13.5 Å². The molecule has 0 amide bonds. The van der Waals surface area contributed by atoms with Crippen LogP contribution in [-0.2, 0) is 11.3 Å². The van der Waals surface area contributed by atoms with Crippen molar-refractivity contribution in [3.8, 4) is 0 Å². The van der Waals surface area contributed by atoms with E-state index in [0.29, 0.717) is 6.61 Å². The molecule has 0 radical (unpaired) electrons. The Morgan fingerprint density at radius 2 is 1.73 bits per heavy atom. The summed E-state index contributed by atoms with van der Waals surface area (Å²) in [6.07, 6.45) is 0. The molecule has 0 atom stereocenters. The van der Waals surface area contributed by atoms with Gasteiger partial charge in [0.2, 0.25) is 0 Å². The van der Waals surface area contributed by atoms with Crippen molar-refractivity contribution < 1.29 is 4.74 Å². The third kappa shape index (κ3) is 3.16. The Kier molecular flexibility index (Phi) is 4.50. The number of ether oxygens (including phenoxy) is 1. The Bertz CT molecular complexity index is 193. The predicted octanol–water partition coefficient (Wildman–Crippen LogP) is 2.30. The molecule has 0 aliphatic rings. The van der Waals surface area contributed by atoms with Crippen molar-refractivity contribution in [2.24, 2.45) is 0 Å². The predicted molar refractivity (Wildman–Crippen MR) is 46.9 cm³/mol. The molecule has 0 aliphatic heterocycles. The lowest BCUT2D eigenvalue weighted by molar-refractivity contribution is 0.185. The van der Waals surface area contributed by atoms with Crippen LogP contribution in [-0.4, -0.2) is 7.11 Å². The lowest BCUT2D eigenvalue weighted by Crippen LogP contribution is -1.85. The minimum atomic E-state index is 0. The summed E-state index contributed by atoms with van der Waals surface area (Å²) < 4.78 is 4.97. The molecule has 2 heteroatoms. The smallest absolute Gasteiger partial charge is 0.0713 e. The van der Waals surface area contributed by atoms with Gasteiger partial charge < -0.3 is 10.9 Å². The molecule has 0 spiro atoms. The van der Waals surface area contributed by atoms with E-state index in [-0.39, 0.29) is 6.15 Å². The molecule has 0 aliphatic carbocycles. The molecule has 0 saturated carbocycles. The maximum atomic E-state index is 4.97. The molecule has 3 N–H and O–H groups in total. The van der Waals surface area contributed by atoms with Crippen LogP contribution in [0.2, 0.25) is 0 Å². The molecule has 0 bridgehead atoms. The first kappa shape index (κ1) is 10.1. The van der Waals surface area contributed by atoms with Crippen molar-refractivity contribution in [3.05, 3.63) is 35.4 Å². The monoisotopic (exact) mass is 153 g/mol. The lowest BCUT2D eigenvalue weighted by Gasteiger charge is -1.98. The zero-order valence-corrected chi connectivity index (χ0v) is 7.13. The van der Waals surface area contributed by atoms with E-state index in [4.69, 9.17) is 4.74 Å². The number of methoxy groups -OCH3 is 1. The van der Waals surface area contributed by atoms with E-state index in [9.17, 15) is 0 Å². The zero-order chi connectivity index (χ0) is 7.40. The SMILES string of the molecule is COCc1ccc(C)cc1.N. The fourth-order valence-corrected chi connectivity index (χ4v) is 0.851. The van der Waals surface area contributed by atoms with Crippen molar-refractivity contribution in [1.29, 1.82) is 0 Å². The quantitative estimate of drug-likeness (QED) is 0.708. The molecule has 0 fully saturated rings. The first-order valence-electron chi connectivity index (χ1n) is 3.37. The Morgan fingerprint density at radius 1 is 1.18 bits per heavy atom. The van der Waals surface area contributed by atoms with E-state index in [1.807, 2.05) is 0 Å². The van der Waals surface area contributed by atoms with Gasteiger partial charge in [-0.1, -0.05) is 29.8 Å². The molecular formula is C9H15NO. The van der Waals surface area contributed by atoms with Crippen LogP contribution in [0.25, 0.3) is 0 Å². The summed E-state index contributed by atoms with van der Waals surface area (Å²) in [6, 6.07) is 8.35. The summed E-state index contributed by atoms with van der Waals surface area (Å²) in [5, 5.41) is 0. The zero-order valence-electron chi connectivity index (χ0n) is 7.13. The Labute approximate surface area is 67.8 Å². The van der Waals surface area contributed by atoms with Gasteiger partial charge in [0.15, 0.2) is 0 Å². The van der Waals surface area contributed by atoms with E-state index >= 15 is 0 Å². The summed E-state index contributed by atoms with van der Waals surface area (Å²) >= 11 is 0. The van der Waals surface area contributed by atoms with Crippen LogP contribution in [0.1, 0.15) is 11.1 Å². The molecule has 1 rings (SSSR count). The van der Waals surface area contributed by atoms with Crippen LogP contribution >= 0.6 is 0 Å². The summed E-state index contributed by atoms with van der Waals surface area (Å²) in [5.74, 6) is 0. The van der Waals surface area contributed by atoms with E-state index in [0.717, 1.165) is 0 Å². The van der Waals surface area contributed by atoms with Crippen molar-refractivity contribution in [2.75, 3.05) is 7.11 Å². The summed E-state index contributed by atoms with van der Waals surface area (Å²) in [6.45, 7) is 2.79. The first-order valence-corrected chi connectivity index (χ1v) is 3.37. The number of benzene rings is 1. The molecular weight excluding hydrogens is 138 g/mol. The molecule has 0 unspecified atom stereocenters. The third-order valence-electron chi connectivity index (χ3n) is 1.43. The second kappa shape index (κ2) is 4.88. The molecule has 62 valence electrons. The van der Waals surface area contributed by atoms with Gasteiger partial charge in [0.1, 0.15) is 0 Å². The highest BCUT2D eigenvalue weighted by Crippen LogP contribution is 2.03. The standard InChI is InChI=1S/C9H12O.H3N/c1-8-3-5-9(6-4-8)7-10-2;/h3-6H,7H2,1-2H3;1H3. The minimum Gasteiger partial charge on any atom is -0.380 e. The second-order valence-corrected chi connectivity index (χ2v) is 2.42. The minimum absolute atomic E-state index is 0. The number of hydrogen-bond donors (Lipinski definition) is 1. The maximum Gasteiger partial charge on any atom is 0.0713 e. The van der Waals surface area contributed by atoms with Crippen LogP contribution in [0.15, 0.2) is 24.3 Å². The van der Waals surface area contributed by atoms with Crippen molar-refractivity contribution >= 4 is 0 Å². The van der Waals surface area contributed by atoms with Crippen LogP contribution < -0.4 is 6.15 Å². The number of hydrogen-bond acceptors (Lipinski definition) is 2. The third-order valence-corrected chi connectivity index (χ3v) is 1.43. The molecule has 2 nitrogen and oxygen atoms in total. The van der Waals surface area contributed by atoms with Gasteiger partial charge in [-0.2, -0.15) is 0 Å². The van der Waals surface area contributed by atoms with E-state index < -0.39 is 0 Å². The summed E-state index contributed by atoms with van der Waals surface area (Å²) in [4.78, 5) is 0. The molecule has 1 aromatic rings. The van der Waals surface area contributed by atoms with Gasteiger partial charge in [-0.15, -0.1) is 0 Å². The Hall–Kier alpha value is -0.860. The highest BCUT2D eigenvalue weighted by atomic mass is 16.5. The lowest BCUT2D eigenvalue weighted by atomic mass is 10.2. The number of aryl methyl sites for hydroxylation is 1. The first-order chi connectivity index (χ1) is 4.83. The average Bonchev–Trinajstić information content (AvgIpc) is 1.95. The normalized spacial score (nSPS) is 8.91. The van der Waals surface area contributed by atoms with Gasteiger partial charge in [0, 0.05) is 7.11 Å². The average molecular weight is 153 g/mol. The Balaban J connectivity index is 0.000001000. The Morgan fingerprint density at radius 3 is 2.18 bits per heavy atom. The van der Waals surface area contributed by atoms with Gasteiger partial charge in [-0.3, -0.25) is 0 Å². The van der Waals surface area contributed by atoms with E-state index in [1.54, 1.807) is 7.11 Å². The van der Waals surface area contributed by atoms with Crippen LogP contribution in [0.5, 0.6) is 0 Å². The molecule has 11 heavy (non-hydrogen) atoms. The van der Waals surface area contributed by atoms with E-state index in [1.165, 1.54) is 11.1 Å². The molecule has 0 aromatic heterocycles. The van der Waals surface area contributed by atoms with Gasteiger partial charge in [-0.25, -0.2) is 0 Å². The molecule has 0 saturated heterocycles. The summed E-state index contributed by atoms with van der Waals surface area (Å²) in [5.41, 5.74) is 2.52. The summed E-state index contributed by atoms with van der Waals surface area (Å²) in [7, 11) is 1.71. The highest BCUT2D eigenvalue weighted by molar-refractivity contribution is 5.20. The largest absolute Gasteiger partial charge is 0.380 e. The topological polar surface area (TPSA) is 44.2 Å². The fourth-order valence-electron chi connectivity index (χ4n) is 0.851. The van der Waals surface area contributed by atoms with Crippen LogP contribution in [0.4, 0.5) is 0 Å². The fraction of sp³-hybridized carbons (Fsp3) is 0.333. The van der Waals surface area contributed by atoms with Gasteiger partial charge in [-0.05, 0) is 12.5 Å². The van der Waals surface area contributed by atoms with E-state index in [2.05, 4.69) is 31.2 Å². The van der Waals surface area contributed by atoms with Crippen molar-refractivity contribution in [3.63, 3.8) is 0 Å². The van der Waals surface area contributed by atoms with Gasteiger partial charge >= 0.3 is 0 Å². The highest BCUT2D eigenvalue weighted by Gasteiger charge is 1.88. The maximum absolute atomic E-state index is 4.97. The van der Waals surface area contributed by atoms with Crippen LogP contribution in [0, 0.1) is 6.92 Å². The second-order valence-electron chi connectivity index (χ2n) is 2.42. The van der Waals surface area contributed by atoms with Gasteiger partial charge in [0.25, 0.3) is 0 Å². The molecule has 1 aromatic carbocycles. The number of rotatable bonds is 2. The molecule has 0 heterocycles. The van der Waals surface area contributed by atoms with Gasteiger partial charge in [0.05, 0.1) is 6.61 Å². The van der Waals surface area contributed by atoms with Crippen LogP contribution in [0.3, 0.4) is 0 Å². The van der Waals surface area contributed by atoms with Crippen molar-refractivity contribution in [1.82, 2.24) is 6.15 Å².